The minimum Gasteiger partial charge on any atom is -0.308 e. The maximum Gasteiger partial charge on any atom is 0.145 e. The highest BCUT2D eigenvalue weighted by Crippen LogP contribution is 2.41. The topological polar surface area (TPSA) is 63.8 Å². The smallest absolute Gasteiger partial charge is 0.145 e. The lowest BCUT2D eigenvalue weighted by molar-refractivity contribution is 0.805. The van der Waals surface area contributed by atoms with Gasteiger partial charge in [-0.25, -0.2) is 15.8 Å². The molecule has 3 N–H and O–H groups in total. The lowest BCUT2D eigenvalue weighted by Gasteiger charge is -2.27. The molecule has 1 aliphatic heterocycles. The second kappa shape index (κ2) is 5.93. The van der Waals surface area contributed by atoms with Gasteiger partial charge in [0.25, 0.3) is 0 Å². The van der Waals surface area contributed by atoms with Crippen molar-refractivity contribution >= 4 is 29.3 Å². The Morgan fingerprint density at radius 2 is 2.18 bits per heavy atom. The Morgan fingerprint density at radius 3 is 2.82 bits per heavy atom. The number of hydrazine groups is 1. The Morgan fingerprint density at radius 1 is 1.41 bits per heavy atom. The summed E-state index contributed by atoms with van der Waals surface area (Å²) < 4.78 is 0. The maximum atomic E-state index is 5.45. The largest absolute Gasteiger partial charge is 0.308 e. The number of thioether (sulfide) groups is 2. The molecule has 0 saturated carbocycles. The third-order valence-corrected chi connectivity index (χ3v) is 5.84. The molecule has 0 radical (unpaired) electrons. The summed E-state index contributed by atoms with van der Waals surface area (Å²) in [6.45, 7) is 4.34. The summed E-state index contributed by atoms with van der Waals surface area (Å²) in [5.41, 5.74) is 3.68. The van der Waals surface area contributed by atoms with Crippen LogP contribution in [0.2, 0.25) is 0 Å². The highest BCUT2D eigenvalue weighted by molar-refractivity contribution is 8.06. The van der Waals surface area contributed by atoms with Gasteiger partial charge in [0.1, 0.15) is 11.6 Å². The normalized spacial score (nSPS) is 24.6. The van der Waals surface area contributed by atoms with E-state index in [1.165, 1.54) is 11.5 Å². The summed E-state index contributed by atoms with van der Waals surface area (Å²) >= 11 is 3.94. The molecule has 0 bridgehead atoms. The first-order valence-electron chi connectivity index (χ1n) is 5.82. The van der Waals surface area contributed by atoms with Gasteiger partial charge in [-0.1, -0.05) is 13.8 Å². The molecule has 1 fully saturated rings. The van der Waals surface area contributed by atoms with E-state index in [9.17, 15) is 0 Å². The number of nitrogens with zero attached hydrogens (tertiary/aromatic N) is 2. The van der Waals surface area contributed by atoms with E-state index < -0.39 is 0 Å². The summed E-state index contributed by atoms with van der Waals surface area (Å²) in [4.78, 5) is 9.13. The number of nitrogens with one attached hydrogen (secondary N) is 1. The van der Waals surface area contributed by atoms with Crippen molar-refractivity contribution in [2.24, 2.45) is 5.84 Å². The van der Waals surface area contributed by atoms with Gasteiger partial charge in [0, 0.05) is 28.5 Å². The number of nitrogen functional groups attached to an aromatic ring is 1. The molecule has 1 aliphatic rings. The molecule has 0 amide bonds. The number of hydrogen-bond donors (Lipinski definition) is 2. The SMILES string of the molecule is CCc1cc(NN)nc(C2SCCSC2C)n1. The molecule has 2 rings (SSSR count). The van der Waals surface area contributed by atoms with Gasteiger partial charge in [-0.05, 0) is 6.42 Å². The third kappa shape index (κ3) is 3.05. The van der Waals surface area contributed by atoms with E-state index in [2.05, 4.69) is 29.2 Å². The van der Waals surface area contributed by atoms with Crippen LogP contribution in [0.4, 0.5) is 5.82 Å². The van der Waals surface area contributed by atoms with Crippen molar-refractivity contribution in [1.29, 1.82) is 0 Å². The van der Waals surface area contributed by atoms with Gasteiger partial charge in [0.05, 0.1) is 5.25 Å². The molecular weight excluding hydrogens is 252 g/mol. The summed E-state index contributed by atoms with van der Waals surface area (Å²) in [6.07, 6.45) is 0.906. The van der Waals surface area contributed by atoms with Crippen LogP contribution in [0.5, 0.6) is 0 Å². The van der Waals surface area contributed by atoms with Gasteiger partial charge in [0.2, 0.25) is 0 Å². The number of aromatic nitrogens is 2. The van der Waals surface area contributed by atoms with Crippen LogP contribution in [0.1, 0.15) is 30.6 Å². The molecule has 2 atom stereocenters. The minimum atomic E-state index is 0.382. The molecule has 2 unspecified atom stereocenters. The van der Waals surface area contributed by atoms with Crippen molar-refractivity contribution in [2.45, 2.75) is 30.8 Å². The van der Waals surface area contributed by atoms with Crippen molar-refractivity contribution in [1.82, 2.24) is 9.97 Å². The summed E-state index contributed by atoms with van der Waals surface area (Å²) in [6, 6.07) is 1.91. The summed E-state index contributed by atoms with van der Waals surface area (Å²) in [5.74, 6) is 9.48. The van der Waals surface area contributed by atoms with Gasteiger partial charge in [-0.3, -0.25) is 0 Å². The number of rotatable bonds is 3. The van der Waals surface area contributed by atoms with Crippen LogP contribution < -0.4 is 11.3 Å². The lowest BCUT2D eigenvalue weighted by Crippen LogP contribution is -2.20. The second-order valence-electron chi connectivity index (χ2n) is 3.97. The highest BCUT2D eigenvalue weighted by atomic mass is 32.2. The molecule has 0 aromatic carbocycles. The number of nitrogens with two attached hydrogens (primary N) is 1. The monoisotopic (exact) mass is 270 g/mol. The predicted molar refractivity (Wildman–Crippen MR) is 76.3 cm³/mol. The average molecular weight is 270 g/mol. The van der Waals surface area contributed by atoms with Crippen LogP contribution in [-0.2, 0) is 6.42 Å². The molecule has 4 nitrogen and oxygen atoms in total. The zero-order valence-corrected chi connectivity index (χ0v) is 11.8. The minimum absolute atomic E-state index is 0.382. The number of aryl methyl sites for hydroxylation is 1. The van der Waals surface area contributed by atoms with Crippen molar-refractivity contribution in [2.75, 3.05) is 16.9 Å². The molecule has 6 heteroatoms. The van der Waals surface area contributed by atoms with Crippen molar-refractivity contribution < 1.29 is 0 Å². The fourth-order valence-electron chi connectivity index (χ4n) is 1.82. The Hall–Kier alpha value is -0.460. The van der Waals surface area contributed by atoms with Gasteiger partial charge >= 0.3 is 0 Å². The van der Waals surface area contributed by atoms with Crippen molar-refractivity contribution in [3.63, 3.8) is 0 Å². The van der Waals surface area contributed by atoms with Crippen LogP contribution >= 0.6 is 23.5 Å². The third-order valence-electron chi connectivity index (χ3n) is 2.75. The van der Waals surface area contributed by atoms with Crippen molar-refractivity contribution in [3.05, 3.63) is 17.6 Å². The Kier molecular flexibility index (Phi) is 4.53. The van der Waals surface area contributed by atoms with Gasteiger partial charge in [0.15, 0.2) is 0 Å². The van der Waals surface area contributed by atoms with E-state index in [0.29, 0.717) is 10.5 Å². The van der Waals surface area contributed by atoms with Gasteiger partial charge < -0.3 is 5.43 Å². The van der Waals surface area contributed by atoms with E-state index >= 15 is 0 Å². The van der Waals surface area contributed by atoms with E-state index in [-0.39, 0.29) is 0 Å². The Balaban J connectivity index is 2.29. The van der Waals surface area contributed by atoms with E-state index in [0.717, 1.165) is 23.8 Å². The number of hydrogen-bond acceptors (Lipinski definition) is 6. The van der Waals surface area contributed by atoms with Crippen LogP contribution in [0.15, 0.2) is 6.07 Å². The van der Waals surface area contributed by atoms with Crippen LogP contribution in [0, 0.1) is 0 Å². The first kappa shape index (κ1) is 13.0. The van der Waals surface area contributed by atoms with Crippen molar-refractivity contribution in [3.8, 4) is 0 Å². The zero-order valence-electron chi connectivity index (χ0n) is 10.1. The van der Waals surface area contributed by atoms with Crippen LogP contribution in [0.25, 0.3) is 0 Å². The molecule has 0 spiro atoms. The lowest BCUT2D eigenvalue weighted by atomic mass is 10.2. The van der Waals surface area contributed by atoms with Gasteiger partial charge in [-0.2, -0.15) is 11.8 Å². The molecule has 0 aliphatic carbocycles. The summed E-state index contributed by atoms with van der Waals surface area (Å²) in [7, 11) is 0. The second-order valence-corrected chi connectivity index (χ2v) is 6.70. The maximum absolute atomic E-state index is 5.45. The zero-order chi connectivity index (χ0) is 12.3. The van der Waals surface area contributed by atoms with Gasteiger partial charge in [-0.15, -0.1) is 11.8 Å². The molecule has 1 aromatic heterocycles. The molecule has 94 valence electrons. The fourth-order valence-corrected chi connectivity index (χ4v) is 4.51. The van der Waals surface area contributed by atoms with E-state index in [4.69, 9.17) is 5.84 Å². The van der Waals surface area contributed by atoms with E-state index in [1.54, 1.807) is 0 Å². The first-order chi connectivity index (χ1) is 8.24. The first-order valence-corrected chi connectivity index (χ1v) is 7.92. The molecule has 17 heavy (non-hydrogen) atoms. The molecule has 1 saturated heterocycles. The average Bonchev–Trinajstić information content (AvgIpc) is 2.38. The van der Waals surface area contributed by atoms with E-state index in [1.807, 2.05) is 29.6 Å². The standard InChI is InChI=1S/C11H18N4S2/c1-3-8-6-9(15-12)14-11(13-8)10-7(2)16-4-5-17-10/h6-7,10H,3-5,12H2,1-2H3,(H,13,14,15). The van der Waals surface area contributed by atoms with Crippen LogP contribution in [0.3, 0.4) is 0 Å². The Bertz CT molecular complexity index is 363. The fraction of sp³-hybridized carbons (Fsp3) is 0.636. The molecule has 1 aromatic rings. The summed E-state index contributed by atoms with van der Waals surface area (Å²) in [5, 5.41) is 0.943. The predicted octanol–water partition coefficient (Wildman–Crippen LogP) is 2.23. The number of anilines is 1. The Labute approximate surface area is 111 Å². The van der Waals surface area contributed by atoms with Crippen LogP contribution in [-0.4, -0.2) is 26.7 Å². The molecular formula is C11H18N4S2. The quantitative estimate of drug-likeness (QED) is 0.649. The molecule has 2 heterocycles. The highest BCUT2D eigenvalue weighted by Gasteiger charge is 2.27.